The topological polar surface area (TPSA) is 0 Å². The third-order valence-corrected chi connectivity index (χ3v) is 3.77. The van der Waals surface area contributed by atoms with Crippen LogP contribution in [0.25, 0.3) is 5.57 Å². The molecule has 0 saturated carbocycles. The van der Waals surface area contributed by atoms with Gasteiger partial charge in [0.2, 0.25) is 0 Å². The minimum Gasteiger partial charge on any atom is -0.0667 e. The average molecular weight is 295 g/mol. The standard InChI is InChI=1S/C16H23Br/c1-5-8-13(6-2)15(7-3)16-10-9-14(17)11-12(16)4/h9-11H,5-8H2,1-4H3/b15-13+. The molecule has 0 heterocycles. The molecule has 0 aliphatic carbocycles. The highest BCUT2D eigenvalue weighted by molar-refractivity contribution is 9.10. The van der Waals surface area contributed by atoms with Crippen molar-refractivity contribution in [3.05, 3.63) is 39.4 Å². The minimum absolute atomic E-state index is 1.13. The summed E-state index contributed by atoms with van der Waals surface area (Å²) in [6, 6.07) is 6.62. The zero-order valence-corrected chi connectivity index (χ0v) is 13.0. The van der Waals surface area contributed by atoms with Crippen LogP contribution in [-0.2, 0) is 0 Å². The van der Waals surface area contributed by atoms with Crippen LogP contribution in [-0.4, -0.2) is 0 Å². The molecule has 0 nitrogen and oxygen atoms in total. The number of benzene rings is 1. The smallest absolute Gasteiger partial charge is 0.0178 e. The lowest BCUT2D eigenvalue weighted by molar-refractivity contribution is 0.855. The second kappa shape index (κ2) is 7.00. The summed E-state index contributed by atoms with van der Waals surface area (Å²) < 4.78 is 1.17. The zero-order valence-electron chi connectivity index (χ0n) is 11.4. The molecule has 0 radical (unpaired) electrons. The Morgan fingerprint density at radius 1 is 1.12 bits per heavy atom. The van der Waals surface area contributed by atoms with Crippen LogP contribution in [0, 0.1) is 6.92 Å². The molecular weight excluding hydrogens is 272 g/mol. The van der Waals surface area contributed by atoms with Gasteiger partial charge >= 0.3 is 0 Å². The van der Waals surface area contributed by atoms with Crippen LogP contribution in [0.4, 0.5) is 0 Å². The summed E-state index contributed by atoms with van der Waals surface area (Å²) in [4.78, 5) is 0. The largest absolute Gasteiger partial charge is 0.0667 e. The van der Waals surface area contributed by atoms with Crippen molar-refractivity contribution >= 4 is 21.5 Å². The molecule has 0 aliphatic heterocycles. The van der Waals surface area contributed by atoms with Crippen molar-refractivity contribution in [3.8, 4) is 0 Å². The van der Waals surface area contributed by atoms with E-state index in [1.54, 1.807) is 11.1 Å². The summed E-state index contributed by atoms with van der Waals surface area (Å²) in [5, 5.41) is 0. The van der Waals surface area contributed by atoms with Gasteiger partial charge in [0.05, 0.1) is 0 Å². The van der Waals surface area contributed by atoms with E-state index in [9.17, 15) is 0 Å². The first-order valence-electron chi connectivity index (χ1n) is 6.61. The summed E-state index contributed by atoms with van der Waals surface area (Å²) >= 11 is 3.54. The molecule has 0 aromatic heterocycles. The van der Waals surface area contributed by atoms with Gasteiger partial charge in [-0.1, -0.05) is 54.8 Å². The van der Waals surface area contributed by atoms with E-state index >= 15 is 0 Å². The van der Waals surface area contributed by atoms with E-state index in [4.69, 9.17) is 0 Å². The van der Waals surface area contributed by atoms with Gasteiger partial charge < -0.3 is 0 Å². The molecule has 17 heavy (non-hydrogen) atoms. The lowest BCUT2D eigenvalue weighted by Crippen LogP contribution is -1.94. The van der Waals surface area contributed by atoms with Gasteiger partial charge in [-0.05, 0) is 55.0 Å². The maximum atomic E-state index is 3.54. The molecule has 0 atom stereocenters. The molecule has 0 saturated heterocycles. The molecule has 1 rings (SSSR count). The third kappa shape index (κ3) is 3.70. The predicted octanol–water partition coefficient (Wildman–Crippen LogP) is 6.13. The number of allylic oxidation sites excluding steroid dienone is 2. The van der Waals surface area contributed by atoms with E-state index < -0.39 is 0 Å². The van der Waals surface area contributed by atoms with Crippen molar-refractivity contribution in [2.75, 3.05) is 0 Å². The molecule has 0 amide bonds. The Morgan fingerprint density at radius 2 is 1.82 bits per heavy atom. The fraction of sp³-hybridized carbons (Fsp3) is 0.500. The van der Waals surface area contributed by atoms with Crippen molar-refractivity contribution in [1.82, 2.24) is 0 Å². The van der Waals surface area contributed by atoms with E-state index in [0.29, 0.717) is 0 Å². The maximum absolute atomic E-state index is 3.54. The lowest BCUT2D eigenvalue weighted by atomic mass is 9.91. The van der Waals surface area contributed by atoms with Crippen molar-refractivity contribution in [2.24, 2.45) is 0 Å². The summed E-state index contributed by atoms with van der Waals surface area (Å²) in [7, 11) is 0. The second-order valence-corrected chi connectivity index (χ2v) is 5.41. The highest BCUT2D eigenvalue weighted by Crippen LogP contribution is 2.30. The molecular formula is C16H23Br. The summed E-state index contributed by atoms with van der Waals surface area (Å²) in [6.07, 6.45) is 4.77. The fourth-order valence-corrected chi connectivity index (χ4v) is 2.91. The number of hydrogen-bond acceptors (Lipinski definition) is 0. The molecule has 0 spiro atoms. The van der Waals surface area contributed by atoms with Gasteiger partial charge in [0.25, 0.3) is 0 Å². The summed E-state index contributed by atoms with van der Waals surface area (Å²) in [5.41, 5.74) is 5.99. The van der Waals surface area contributed by atoms with Crippen LogP contribution in [0.15, 0.2) is 28.2 Å². The Morgan fingerprint density at radius 3 is 2.29 bits per heavy atom. The summed E-state index contributed by atoms with van der Waals surface area (Å²) in [6.45, 7) is 9.00. The number of halogens is 1. The van der Waals surface area contributed by atoms with Crippen molar-refractivity contribution in [3.63, 3.8) is 0 Å². The quantitative estimate of drug-likeness (QED) is 0.613. The number of hydrogen-bond donors (Lipinski definition) is 0. The van der Waals surface area contributed by atoms with Gasteiger partial charge in [-0.15, -0.1) is 0 Å². The maximum Gasteiger partial charge on any atom is 0.0178 e. The first kappa shape index (κ1) is 14.5. The zero-order chi connectivity index (χ0) is 12.8. The predicted molar refractivity (Wildman–Crippen MR) is 81.3 cm³/mol. The molecule has 0 aliphatic rings. The van der Waals surface area contributed by atoms with E-state index in [2.05, 4.69) is 61.8 Å². The molecule has 0 fully saturated rings. The van der Waals surface area contributed by atoms with Crippen molar-refractivity contribution in [2.45, 2.75) is 53.4 Å². The summed E-state index contributed by atoms with van der Waals surface area (Å²) in [5.74, 6) is 0. The van der Waals surface area contributed by atoms with Crippen LogP contribution in [0.2, 0.25) is 0 Å². The SMILES string of the molecule is CCC/C(CC)=C(\CC)c1ccc(Br)cc1C. The van der Waals surface area contributed by atoms with Gasteiger partial charge in [-0.25, -0.2) is 0 Å². The van der Waals surface area contributed by atoms with E-state index in [0.717, 1.165) is 6.42 Å². The first-order chi connectivity index (χ1) is 8.13. The third-order valence-electron chi connectivity index (χ3n) is 3.27. The highest BCUT2D eigenvalue weighted by Gasteiger charge is 2.08. The van der Waals surface area contributed by atoms with Crippen molar-refractivity contribution < 1.29 is 0 Å². The molecule has 94 valence electrons. The molecule has 0 unspecified atom stereocenters. The van der Waals surface area contributed by atoms with Crippen LogP contribution in [0.3, 0.4) is 0 Å². The molecule has 0 bridgehead atoms. The van der Waals surface area contributed by atoms with Gasteiger partial charge in [0.15, 0.2) is 0 Å². The van der Waals surface area contributed by atoms with Crippen LogP contribution >= 0.6 is 15.9 Å². The van der Waals surface area contributed by atoms with Crippen LogP contribution in [0.5, 0.6) is 0 Å². The Hall–Kier alpha value is -0.560. The van der Waals surface area contributed by atoms with Gasteiger partial charge in [-0.3, -0.25) is 0 Å². The minimum atomic E-state index is 1.13. The normalized spacial score (nSPS) is 12.5. The van der Waals surface area contributed by atoms with Gasteiger partial charge in [0, 0.05) is 4.47 Å². The highest BCUT2D eigenvalue weighted by atomic mass is 79.9. The van der Waals surface area contributed by atoms with Crippen LogP contribution in [0.1, 0.15) is 57.6 Å². The van der Waals surface area contributed by atoms with Gasteiger partial charge in [-0.2, -0.15) is 0 Å². The number of aryl methyl sites for hydroxylation is 1. The second-order valence-electron chi connectivity index (χ2n) is 4.50. The van der Waals surface area contributed by atoms with E-state index in [1.165, 1.54) is 34.9 Å². The average Bonchev–Trinajstić information content (AvgIpc) is 2.31. The molecule has 1 aromatic rings. The number of rotatable bonds is 5. The van der Waals surface area contributed by atoms with Gasteiger partial charge in [0.1, 0.15) is 0 Å². The van der Waals surface area contributed by atoms with Crippen molar-refractivity contribution in [1.29, 1.82) is 0 Å². The molecule has 1 aromatic carbocycles. The Bertz CT molecular complexity index is 402. The lowest BCUT2D eigenvalue weighted by Gasteiger charge is -2.15. The fourth-order valence-electron chi connectivity index (χ4n) is 2.44. The van der Waals surface area contributed by atoms with E-state index in [-0.39, 0.29) is 0 Å². The Balaban J connectivity index is 3.24. The Labute approximate surface area is 114 Å². The monoisotopic (exact) mass is 294 g/mol. The first-order valence-corrected chi connectivity index (χ1v) is 7.40. The van der Waals surface area contributed by atoms with Crippen LogP contribution < -0.4 is 0 Å². The molecule has 0 N–H and O–H groups in total. The Kier molecular flexibility index (Phi) is 5.97. The van der Waals surface area contributed by atoms with E-state index in [1.807, 2.05) is 0 Å². The molecule has 1 heteroatoms.